The minimum absolute atomic E-state index is 0.685. The summed E-state index contributed by atoms with van der Waals surface area (Å²) in [6, 6.07) is 0. The van der Waals surface area contributed by atoms with Crippen LogP contribution in [0.15, 0.2) is 16.1 Å². The normalized spacial score (nSPS) is 21.5. The summed E-state index contributed by atoms with van der Waals surface area (Å²) in [7, 11) is 1.92. The Morgan fingerprint density at radius 3 is 1.93 bits per heavy atom. The Balaban J connectivity index is 2.95. The Kier molecular flexibility index (Phi) is 3.91. The van der Waals surface area contributed by atoms with E-state index < -0.39 is 0 Å². The average molecular weight is 193 g/mol. The van der Waals surface area contributed by atoms with Gasteiger partial charge in [0.2, 0.25) is 0 Å². The molecule has 0 fully saturated rings. The van der Waals surface area contributed by atoms with Gasteiger partial charge >= 0.3 is 0 Å². The predicted molar refractivity (Wildman–Crippen MR) is 63.9 cm³/mol. The molecule has 0 saturated carbocycles. The summed E-state index contributed by atoms with van der Waals surface area (Å²) in [6.45, 7) is 9.23. The zero-order valence-corrected chi connectivity index (χ0v) is 10.2. The van der Waals surface area contributed by atoms with Crippen molar-refractivity contribution < 1.29 is 0 Å². The summed E-state index contributed by atoms with van der Waals surface area (Å²) >= 11 is 0. The van der Waals surface area contributed by atoms with Gasteiger partial charge in [0.25, 0.3) is 0 Å². The Hall–Kier alpha value is -0.590. The number of allylic oxidation sites excluding steroid dienone is 2. The highest BCUT2D eigenvalue weighted by atomic mass is 14.7. The van der Waals surface area contributed by atoms with E-state index in [4.69, 9.17) is 0 Å². The second-order valence-electron chi connectivity index (χ2n) is 4.83. The lowest BCUT2D eigenvalue weighted by atomic mass is 9.80. The minimum atomic E-state index is 0.685. The van der Waals surface area contributed by atoms with Gasteiger partial charge in [0.15, 0.2) is 0 Å². The molecule has 0 unspecified atom stereocenters. The number of aliphatic imine (C=N–C) groups is 1. The third-order valence-corrected chi connectivity index (χ3v) is 3.20. The molecule has 0 aromatic carbocycles. The molecule has 1 rings (SSSR count). The molecule has 0 N–H and O–H groups in total. The Bertz CT molecular complexity index is 256. The molecule has 0 aromatic heterocycles. The van der Waals surface area contributed by atoms with Gasteiger partial charge in [-0.15, -0.1) is 0 Å². The van der Waals surface area contributed by atoms with Crippen LogP contribution in [0.5, 0.6) is 0 Å². The molecule has 1 aliphatic rings. The molecule has 0 atom stereocenters. The monoisotopic (exact) mass is 193 g/mol. The highest BCUT2D eigenvalue weighted by molar-refractivity contribution is 5.88. The van der Waals surface area contributed by atoms with Gasteiger partial charge in [-0.1, -0.05) is 38.8 Å². The summed E-state index contributed by atoms with van der Waals surface area (Å²) in [5, 5.41) is 0. The zero-order chi connectivity index (χ0) is 10.7. The Morgan fingerprint density at radius 2 is 1.50 bits per heavy atom. The average Bonchev–Trinajstić information content (AvgIpc) is 2.16. The first-order valence-electron chi connectivity index (χ1n) is 5.72. The van der Waals surface area contributed by atoms with Gasteiger partial charge in [0.05, 0.1) is 0 Å². The maximum atomic E-state index is 4.36. The van der Waals surface area contributed by atoms with Gasteiger partial charge in [-0.05, 0) is 24.7 Å². The third kappa shape index (κ3) is 2.46. The van der Waals surface area contributed by atoms with Crippen LogP contribution in [-0.4, -0.2) is 12.8 Å². The molecule has 0 saturated heterocycles. The van der Waals surface area contributed by atoms with Crippen LogP contribution in [0.1, 0.15) is 47.0 Å². The number of hydrogen-bond donors (Lipinski definition) is 0. The first-order valence-corrected chi connectivity index (χ1v) is 5.72. The maximum Gasteiger partial charge on any atom is 0.0276 e. The van der Waals surface area contributed by atoms with Crippen molar-refractivity contribution >= 4 is 5.71 Å². The molecular weight excluding hydrogens is 170 g/mol. The molecule has 0 aliphatic heterocycles. The van der Waals surface area contributed by atoms with E-state index in [9.17, 15) is 0 Å². The summed E-state index contributed by atoms with van der Waals surface area (Å²) in [5.41, 5.74) is 4.72. The second kappa shape index (κ2) is 4.77. The van der Waals surface area contributed by atoms with E-state index in [0.29, 0.717) is 11.8 Å². The Morgan fingerprint density at radius 1 is 0.929 bits per heavy atom. The first kappa shape index (κ1) is 11.5. The minimum Gasteiger partial charge on any atom is -0.297 e. The van der Waals surface area contributed by atoms with Gasteiger partial charge in [-0.2, -0.15) is 0 Å². The maximum absolute atomic E-state index is 4.36. The van der Waals surface area contributed by atoms with Gasteiger partial charge in [0, 0.05) is 19.2 Å². The van der Waals surface area contributed by atoms with Crippen LogP contribution < -0.4 is 0 Å². The van der Waals surface area contributed by atoms with Crippen molar-refractivity contribution in [2.45, 2.75) is 47.0 Å². The summed E-state index contributed by atoms with van der Waals surface area (Å²) < 4.78 is 0. The van der Waals surface area contributed by atoms with Crippen LogP contribution >= 0.6 is 0 Å². The molecule has 80 valence electrons. The van der Waals surface area contributed by atoms with Crippen LogP contribution in [0.2, 0.25) is 0 Å². The van der Waals surface area contributed by atoms with Crippen molar-refractivity contribution in [3.05, 3.63) is 11.1 Å². The lowest BCUT2D eigenvalue weighted by Gasteiger charge is -2.26. The van der Waals surface area contributed by atoms with Crippen molar-refractivity contribution in [2.24, 2.45) is 16.8 Å². The van der Waals surface area contributed by atoms with Crippen molar-refractivity contribution in [1.82, 2.24) is 0 Å². The molecule has 0 radical (unpaired) electrons. The standard InChI is InChI=1S/C13H23N/c1-9(2)12-7-6-11(14-5)8-13(12)10(3)4/h9-10H,6-8H2,1-5H3/b14-11-. The van der Waals surface area contributed by atoms with Crippen molar-refractivity contribution in [1.29, 1.82) is 0 Å². The lowest BCUT2D eigenvalue weighted by Crippen LogP contribution is -2.16. The summed E-state index contributed by atoms with van der Waals surface area (Å²) in [6.07, 6.45) is 3.54. The van der Waals surface area contributed by atoms with Crippen LogP contribution in [0.3, 0.4) is 0 Å². The summed E-state index contributed by atoms with van der Waals surface area (Å²) in [5.74, 6) is 1.40. The fourth-order valence-electron chi connectivity index (χ4n) is 2.29. The molecular formula is C13H23N. The van der Waals surface area contributed by atoms with Crippen molar-refractivity contribution in [3.8, 4) is 0 Å². The van der Waals surface area contributed by atoms with Crippen molar-refractivity contribution in [2.75, 3.05) is 7.05 Å². The summed E-state index contributed by atoms with van der Waals surface area (Å²) in [4.78, 5) is 4.36. The van der Waals surface area contributed by atoms with E-state index in [1.54, 1.807) is 11.1 Å². The molecule has 0 aromatic rings. The second-order valence-corrected chi connectivity index (χ2v) is 4.83. The van der Waals surface area contributed by atoms with Crippen LogP contribution in [-0.2, 0) is 0 Å². The van der Waals surface area contributed by atoms with Crippen LogP contribution in [0.4, 0.5) is 0 Å². The SMILES string of the molecule is C/N=C1/CCC(C(C)C)=C(C(C)C)C1. The van der Waals surface area contributed by atoms with E-state index in [1.165, 1.54) is 18.6 Å². The number of rotatable bonds is 2. The first-order chi connectivity index (χ1) is 6.56. The van der Waals surface area contributed by atoms with Gasteiger partial charge in [-0.3, -0.25) is 4.99 Å². The number of nitrogens with zero attached hydrogens (tertiary/aromatic N) is 1. The quantitative estimate of drug-likeness (QED) is 0.591. The molecule has 14 heavy (non-hydrogen) atoms. The Labute approximate surface area is 88.3 Å². The fraction of sp³-hybridized carbons (Fsp3) is 0.769. The molecule has 1 heteroatoms. The van der Waals surface area contributed by atoms with Gasteiger partial charge in [-0.25, -0.2) is 0 Å². The topological polar surface area (TPSA) is 12.4 Å². The number of hydrogen-bond acceptors (Lipinski definition) is 1. The molecule has 1 aliphatic carbocycles. The molecule has 0 amide bonds. The molecule has 0 heterocycles. The fourth-order valence-corrected chi connectivity index (χ4v) is 2.29. The highest BCUT2D eigenvalue weighted by Crippen LogP contribution is 2.32. The lowest BCUT2D eigenvalue weighted by molar-refractivity contribution is 0.633. The van der Waals surface area contributed by atoms with Gasteiger partial charge < -0.3 is 0 Å². The van der Waals surface area contributed by atoms with E-state index in [2.05, 4.69) is 32.7 Å². The van der Waals surface area contributed by atoms with E-state index >= 15 is 0 Å². The van der Waals surface area contributed by atoms with Gasteiger partial charge in [0.1, 0.15) is 0 Å². The molecule has 0 bridgehead atoms. The molecule has 0 spiro atoms. The molecule has 1 nitrogen and oxygen atoms in total. The largest absolute Gasteiger partial charge is 0.297 e. The van der Waals surface area contributed by atoms with E-state index in [0.717, 1.165) is 6.42 Å². The van der Waals surface area contributed by atoms with E-state index in [1.807, 2.05) is 7.05 Å². The predicted octanol–water partition coefficient (Wildman–Crippen LogP) is 3.85. The van der Waals surface area contributed by atoms with Crippen LogP contribution in [0.25, 0.3) is 0 Å². The smallest absolute Gasteiger partial charge is 0.0276 e. The van der Waals surface area contributed by atoms with Crippen molar-refractivity contribution in [3.63, 3.8) is 0 Å². The highest BCUT2D eigenvalue weighted by Gasteiger charge is 2.20. The van der Waals surface area contributed by atoms with E-state index in [-0.39, 0.29) is 0 Å². The van der Waals surface area contributed by atoms with Crippen LogP contribution in [0, 0.1) is 11.8 Å². The third-order valence-electron chi connectivity index (χ3n) is 3.20. The zero-order valence-electron chi connectivity index (χ0n) is 10.2.